The summed E-state index contributed by atoms with van der Waals surface area (Å²) in [6.07, 6.45) is 1.23. The van der Waals surface area contributed by atoms with E-state index in [-0.39, 0.29) is 11.9 Å². The first-order chi connectivity index (χ1) is 13.4. The van der Waals surface area contributed by atoms with Crippen LogP contribution >= 0.6 is 11.6 Å². The van der Waals surface area contributed by atoms with E-state index in [0.717, 1.165) is 41.0 Å². The topological polar surface area (TPSA) is 63.1 Å². The molecule has 148 valence electrons. The number of nitrogens with one attached hydrogen (secondary N) is 1. The van der Waals surface area contributed by atoms with Gasteiger partial charge < -0.3 is 14.6 Å². The first kappa shape index (κ1) is 18.9. The number of ether oxygens (including phenoxy) is 1. The standard InChI is InChI=1S/C21H25ClN4O2/c1-12(26-14(3)21(22)13(2)24-26)9-20(27)25-8-7-19-17(11-25)16-10-15(28-4)5-6-18(16)23-19/h5-6,10,12,23H,7-9,11H2,1-4H3/t12-/m1/s1. The van der Waals surface area contributed by atoms with Crippen LogP contribution in [0.1, 0.15) is 42.0 Å². The number of hydrogen-bond acceptors (Lipinski definition) is 3. The molecule has 1 aromatic carbocycles. The van der Waals surface area contributed by atoms with Gasteiger partial charge in [0.15, 0.2) is 0 Å². The van der Waals surface area contributed by atoms with Crippen LogP contribution < -0.4 is 4.74 Å². The zero-order valence-electron chi connectivity index (χ0n) is 16.7. The maximum Gasteiger partial charge on any atom is 0.225 e. The lowest BCUT2D eigenvalue weighted by Crippen LogP contribution is -2.36. The van der Waals surface area contributed by atoms with Crippen molar-refractivity contribution < 1.29 is 9.53 Å². The fourth-order valence-electron chi connectivity index (χ4n) is 4.07. The lowest BCUT2D eigenvalue weighted by atomic mass is 10.0. The summed E-state index contributed by atoms with van der Waals surface area (Å²) in [4.78, 5) is 18.4. The van der Waals surface area contributed by atoms with Gasteiger partial charge in [0.1, 0.15) is 5.75 Å². The number of fused-ring (bicyclic) bond motifs is 3. The van der Waals surface area contributed by atoms with Crippen LogP contribution in [0.5, 0.6) is 5.75 Å². The largest absolute Gasteiger partial charge is 0.497 e. The Labute approximate surface area is 169 Å². The molecule has 0 aliphatic carbocycles. The van der Waals surface area contributed by atoms with Crippen molar-refractivity contribution >= 4 is 28.4 Å². The number of amides is 1. The van der Waals surface area contributed by atoms with E-state index in [1.165, 1.54) is 11.3 Å². The number of aromatic nitrogens is 3. The second-order valence-corrected chi connectivity index (χ2v) is 7.92. The molecule has 7 heteroatoms. The number of benzene rings is 1. The minimum atomic E-state index is -0.0387. The molecular formula is C21H25ClN4O2. The Morgan fingerprint density at radius 2 is 2.18 bits per heavy atom. The third-order valence-corrected chi connectivity index (χ3v) is 6.21. The molecule has 1 aliphatic heterocycles. The number of nitrogens with zero attached hydrogens (tertiary/aromatic N) is 3. The van der Waals surface area contributed by atoms with Crippen LogP contribution in [0.2, 0.25) is 5.02 Å². The van der Waals surface area contributed by atoms with Gasteiger partial charge in [0.05, 0.1) is 29.6 Å². The molecule has 1 amide bonds. The average Bonchev–Trinajstić information content (AvgIpc) is 3.19. The quantitative estimate of drug-likeness (QED) is 0.714. The molecule has 1 aliphatic rings. The number of H-pyrrole nitrogens is 1. The monoisotopic (exact) mass is 400 g/mol. The van der Waals surface area contributed by atoms with Gasteiger partial charge in [0.2, 0.25) is 5.91 Å². The first-order valence-corrected chi connectivity index (χ1v) is 9.93. The third kappa shape index (κ3) is 3.15. The average molecular weight is 401 g/mol. The summed E-state index contributed by atoms with van der Waals surface area (Å²) in [5.41, 5.74) is 5.20. The van der Waals surface area contributed by atoms with Crippen molar-refractivity contribution in [3.8, 4) is 5.75 Å². The smallest absolute Gasteiger partial charge is 0.225 e. The molecule has 2 aromatic heterocycles. The second-order valence-electron chi connectivity index (χ2n) is 7.54. The number of rotatable bonds is 4. The van der Waals surface area contributed by atoms with Crippen molar-refractivity contribution in [1.29, 1.82) is 0 Å². The molecule has 3 heterocycles. The van der Waals surface area contributed by atoms with Crippen LogP contribution in [0.4, 0.5) is 0 Å². The molecule has 0 saturated carbocycles. The van der Waals surface area contributed by atoms with Crippen LogP contribution in [0.15, 0.2) is 18.2 Å². The molecule has 0 saturated heterocycles. The molecule has 1 atom stereocenters. The van der Waals surface area contributed by atoms with Gasteiger partial charge in [-0.3, -0.25) is 9.48 Å². The number of carbonyl (C=O) groups excluding carboxylic acids is 1. The zero-order chi connectivity index (χ0) is 20.0. The van der Waals surface area contributed by atoms with Gasteiger partial charge in [-0.1, -0.05) is 11.6 Å². The van der Waals surface area contributed by atoms with Crippen molar-refractivity contribution in [1.82, 2.24) is 19.7 Å². The van der Waals surface area contributed by atoms with Crippen LogP contribution in [0.25, 0.3) is 10.9 Å². The number of carbonyl (C=O) groups is 1. The van der Waals surface area contributed by atoms with Crippen molar-refractivity contribution in [3.63, 3.8) is 0 Å². The minimum absolute atomic E-state index is 0.0387. The summed E-state index contributed by atoms with van der Waals surface area (Å²) in [7, 11) is 1.67. The normalized spacial score (nSPS) is 15.0. The predicted octanol–water partition coefficient (Wildman–Crippen LogP) is 4.18. The van der Waals surface area contributed by atoms with E-state index in [2.05, 4.69) is 10.1 Å². The van der Waals surface area contributed by atoms with Crippen LogP contribution in [0, 0.1) is 13.8 Å². The Balaban J connectivity index is 1.53. The maximum atomic E-state index is 13.0. The molecule has 0 radical (unpaired) electrons. The van der Waals surface area contributed by atoms with Crippen molar-refractivity contribution in [3.05, 3.63) is 45.9 Å². The summed E-state index contributed by atoms with van der Waals surface area (Å²) in [6.45, 7) is 7.18. The number of halogens is 1. The summed E-state index contributed by atoms with van der Waals surface area (Å²) >= 11 is 6.26. The summed E-state index contributed by atoms with van der Waals surface area (Å²) in [5, 5.41) is 6.30. The van der Waals surface area contributed by atoms with E-state index in [9.17, 15) is 4.79 Å². The highest BCUT2D eigenvalue weighted by Gasteiger charge is 2.26. The molecule has 3 aromatic rings. The van der Waals surface area contributed by atoms with E-state index >= 15 is 0 Å². The minimum Gasteiger partial charge on any atom is -0.497 e. The SMILES string of the molecule is COc1ccc2[nH]c3c(c2c1)CN(C(=O)C[C@@H](C)n1nc(C)c(Cl)c1C)CC3. The zero-order valence-corrected chi connectivity index (χ0v) is 17.4. The van der Waals surface area contributed by atoms with Crippen LogP contribution in [-0.4, -0.2) is 39.2 Å². The Bertz CT molecular complexity index is 1050. The highest BCUT2D eigenvalue weighted by Crippen LogP contribution is 2.31. The van der Waals surface area contributed by atoms with Gasteiger partial charge in [-0.25, -0.2) is 0 Å². The number of hydrogen-bond donors (Lipinski definition) is 1. The molecule has 0 fully saturated rings. The molecular weight excluding hydrogens is 376 g/mol. The van der Waals surface area contributed by atoms with Gasteiger partial charge in [-0.2, -0.15) is 5.10 Å². The van der Waals surface area contributed by atoms with Gasteiger partial charge >= 0.3 is 0 Å². The molecule has 0 bridgehead atoms. The number of aromatic amines is 1. The fourth-order valence-corrected chi connectivity index (χ4v) is 4.20. The lowest BCUT2D eigenvalue weighted by Gasteiger charge is -2.28. The highest BCUT2D eigenvalue weighted by molar-refractivity contribution is 6.31. The Morgan fingerprint density at radius 3 is 2.86 bits per heavy atom. The van der Waals surface area contributed by atoms with Gasteiger partial charge in [0.25, 0.3) is 0 Å². The van der Waals surface area contributed by atoms with Crippen molar-refractivity contribution in [2.75, 3.05) is 13.7 Å². The Kier molecular flexibility index (Phi) is 4.83. The summed E-state index contributed by atoms with van der Waals surface area (Å²) < 4.78 is 7.23. The molecule has 1 N–H and O–H groups in total. The molecule has 4 rings (SSSR count). The maximum absolute atomic E-state index is 13.0. The molecule has 0 spiro atoms. The highest BCUT2D eigenvalue weighted by atomic mass is 35.5. The number of aryl methyl sites for hydroxylation is 1. The summed E-state index contributed by atoms with van der Waals surface area (Å²) in [6, 6.07) is 5.99. The van der Waals surface area contributed by atoms with Crippen LogP contribution in [0.3, 0.4) is 0 Å². The Morgan fingerprint density at radius 1 is 1.39 bits per heavy atom. The molecule has 6 nitrogen and oxygen atoms in total. The lowest BCUT2D eigenvalue weighted by molar-refractivity contribution is -0.132. The Hall–Kier alpha value is -2.47. The van der Waals surface area contributed by atoms with E-state index < -0.39 is 0 Å². The third-order valence-electron chi connectivity index (χ3n) is 5.66. The molecule has 28 heavy (non-hydrogen) atoms. The van der Waals surface area contributed by atoms with E-state index in [1.54, 1.807) is 7.11 Å². The summed E-state index contributed by atoms with van der Waals surface area (Å²) in [5.74, 6) is 0.965. The van der Waals surface area contributed by atoms with E-state index in [1.807, 2.05) is 48.6 Å². The van der Waals surface area contributed by atoms with Gasteiger partial charge in [-0.15, -0.1) is 0 Å². The molecule has 0 unspecified atom stereocenters. The fraction of sp³-hybridized carbons (Fsp3) is 0.429. The van der Waals surface area contributed by atoms with Crippen molar-refractivity contribution in [2.45, 2.75) is 46.2 Å². The number of methoxy groups -OCH3 is 1. The van der Waals surface area contributed by atoms with Crippen LogP contribution in [-0.2, 0) is 17.8 Å². The second kappa shape index (κ2) is 7.17. The first-order valence-electron chi connectivity index (χ1n) is 9.55. The van der Waals surface area contributed by atoms with E-state index in [0.29, 0.717) is 18.0 Å². The van der Waals surface area contributed by atoms with E-state index in [4.69, 9.17) is 16.3 Å². The van der Waals surface area contributed by atoms with Gasteiger partial charge in [0, 0.05) is 48.1 Å². The van der Waals surface area contributed by atoms with Gasteiger partial charge in [-0.05, 0) is 39.0 Å². The van der Waals surface area contributed by atoms with Crippen molar-refractivity contribution in [2.24, 2.45) is 0 Å². The predicted molar refractivity (Wildman–Crippen MR) is 110 cm³/mol.